The lowest BCUT2D eigenvalue weighted by molar-refractivity contribution is -0.116. The van der Waals surface area contributed by atoms with Gasteiger partial charge in [0.25, 0.3) is 0 Å². The Kier molecular flexibility index (Phi) is 3.24. The van der Waals surface area contributed by atoms with Crippen LogP contribution >= 0.6 is 0 Å². The molecular weight excluding hydrogens is 188 g/mol. The molecule has 0 spiro atoms. The number of nitrogens with one attached hydrogen (secondary N) is 2. The number of ketones is 1. The molecule has 3 heteroatoms. The van der Waals surface area contributed by atoms with Gasteiger partial charge in [-0.05, 0) is 40.7 Å². The number of Topliss-reactive ketones (excluding diaryl/α,β-unsaturated/α-hetero) is 1. The standard InChI is InChI=1S/C12H22N2O/c1-9(15)8-13-10-6-11(2,3)14-12(4,5)7-10/h6,13-14H,7-8H2,1-5H3. The minimum Gasteiger partial charge on any atom is -0.381 e. The first kappa shape index (κ1) is 12.2. The minimum atomic E-state index is -0.0130. The van der Waals surface area contributed by atoms with E-state index in [0.717, 1.165) is 6.42 Å². The topological polar surface area (TPSA) is 41.1 Å². The molecule has 0 radical (unpaired) electrons. The van der Waals surface area contributed by atoms with Crippen LogP contribution in [0.25, 0.3) is 0 Å². The predicted octanol–water partition coefficient (Wildman–Crippen LogP) is 1.60. The minimum absolute atomic E-state index is 0.0130. The molecule has 0 aromatic heterocycles. The SMILES string of the molecule is CC(=O)CNC1=CC(C)(C)NC(C)(C)C1. The third kappa shape index (κ3) is 4.04. The maximum absolute atomic E-state index is 10.9. The Morgan fingerprint density at radius 2 is 2.07 bits per heavy atom. The quantitative estimate of drug-likeness (QED) is 0.743. The molecule has 1 aliphatic heterocycles. The van der Waals surface area contributed by atoms with Crippen molar-refractivity contribution in [3.8, 4) is 0 Å². The highest BCUT2D eigenvalue weighted by atomic mass is 16.1. The number of hydrogen-bond donors (Lipinski definition) is 2. The van der Waals surface area contributed by atoms with Gasteiger partial charge >= 0.3 is 0 Å². The highest BCUT2D eigenvalue weighted by Crippen LogP contribution is 2.25. The smallest absolute Gasteiger partial charge is 0.148 e. The fourth-order valence-corrected chi connectivity index (χ4v) is 2.27. The highest BCUT2D eigenvalue weighted by molar-refractivity contribution is 5.77. The second-order valence-corrected chi connectivity index (χ2v) is 5.63. The van der Waals surface area contributed by atoms with Crippen molar-refractivity contribution in [1.82, 2.24) is 10.6 Å². The third-order valence-electron chi connectivity index (χ3n) is 2.39. The molecule has 0 fully saturated rings. The molecule has 0 aliphatic carbocycles. The lowest BCUT2D eigenvalue weighted by Crippen LogP contribution is -2.55. The number of rotatable bonds is 3. The van der Waals surface area contributed by atoms with E-state index in [4.69, 9.17) is 0 Å². The lowest BCUT2D eigenvalue weighted by atomic mass is 9.86. The third-order valence-corrected chi connectivity index (χ3v) is 2.39. The molecule has 0 saturated heterocycles. The summed E-state index contributed by atoms with van der Waals surface area (Å²) in [5.41, 5.74) is 1.23. The number of carbonyl (C=O) groups excluding carboxylic acids is 1. The van der Waals surface area contributed by atoms with Crippen molar-refractivity contribution in [3.63, 3.8) is 0 Å². The van der Waals surface area contributed by atoms with Crippen LogP contribution in [-0.2, 0) is 4.79 Å². The van der Waals surface area contributed by atoms with E-state index in [0.29, 0.717) is 6.54 Å². The molecule has 2 N–H and O–H groups in total. The summed E-state index contributed by atoms with van der Waals surface area (Å²) >= 11 is 0. The van der Waals surface area contributed by atoms with E-state index in [9.17, 15) is 4.79 Å². The summed E-state index contributed by atoms with van der Waals surface area (Å²) in [5.74, 6) is 0.171. The fourth-order valence-electron chi connectivity index (χ4n) is 2.27. The van der Waals surface area contributed by atoms with Crippen molar-refractivity contribution < 1.29 is 4.79 Å². The van der Waals surface area contributed by atoms with Crippen LogP contribution in [0.3, 0.4) is 0 Å². The van der Waals surface area contributed by atoms with E-state index in [2.05, 4.69) is 44.4 Å². The van der Waals surface area contributed by atoms with Gasteiger partial charge in [-0.3, -0.25) is 4.79 Å². The second kappa shape index (κ2) is 3.97. The Morgan fingerprint density at radius 3 is 2.53 bits per heavy atom. The van der Waals surface area contributed by atoms with Crippen molar-refractivity contribution >= 4 is 5.78 Å². The van der Waals surface area contributed by atoms with E-state index >= 15 is 0 Å². The summed E-state index contributed by atoms with van der Waals surface area (Å²) in [4.78, 5) is 10.9. The summed E-state index contributed by atoms with van der Waals surface area (Å²) in [6.45, 7) is 10.7. The fraction of sp³-hybridized carbons (Fsp3) is 0.750. The molecular formula is C12H22N2O. The zero-order chi connectivity index (χ0) is 11.7. The van der Waals surface area contributed by atoms with Crippen molar-refractivity contribution in [2.45, 2.75) is 52.1 Å². The van der Waals surface area contributed by atoms with Gasteiger partial charge in [-0.1, -0.05) is 0 Å². The summed E-state index contributed by atoms with van der Waals surface area (Å²) < 4.78 is 0. The average Bonchev–Trinajstić information content (AvgIpc) is 1.94. The van der Waals surface area contributed by atoms with Gasteiger partial charge in [0.2, 0.25) is 0 Å². The second-order valence-electron chi connectivity index (χ2n) is 5.63. The van der Waals surface area contributed by atoms with E-state index < -0.39 is 0 Å². The van der Waals surface area contributed by atoms with Gasteiger partial charge in [0.15, 0.2) is 0 Å². The monoisotopic (exact) mass is 210 g/mol. The molecule has 86 valence electrons. The van der Waals surface area contributed by atoms with Crippen LogP contribution in [0.15, 0.2) is 11.8 Å². The number of carbonyl (C=O) groups is 1. The summed E-state index contributed by atoms with van der Waals surface area (Å²) in [5, 5.41) is 6.75. The summed E-state index contributed by atoms with van der Waals surface area (Å²) in [7, 11) is 0. The maximum atomic E-state index is 10.9. The Balaban J connectivity index is 2.71. The van der Waals surface area contributed by atoms with Gasteiger partial charge in [0.1, 0.15) is 5.78 Å². The normalized spacial score (nSPS) is 23.1. The maximum Gasteiger partial charge on any atom is 0.148 e. The molecule has 0 bridgehead atoms. The average molecular weight is 210 g/mol. The van der Waals surface area contributed by atoms with Crippen LogP contribution in [0.2, 0.25) is 0 Å². The molecule has 0 amide bonds. The van der Waals surface area contributed by atoms with Crippen molar-refractivity contribution in [3.05, 3.63) is 11.8 Å². The molecule has 0 aromatic rings. The van der Waals surface area contributed by atoms with E-state index in [1.165, 1.54) is 5.70 Å². The zero-order valence-electron chi connectivity index (χ0n) is 10.4. The number of hydrogen-bond acceptors (Lipinski definition) is 3. The van der Waals surface area contributed by atoms with Crippen LogP contribution in [0, 0.1) is 0 Å². The summed E-state index contributed by atoms with van der Waals surface area (Å²) in [6.07, 6.45) is 3.10. The molecule has 1 heterocycles. The molecule has 0 saturated carbocycles. The molecule has 1 aliphatic rings. The predicted molar refractivity (Wildman–Crippen MR) is 62.7 cm³/mol. The molecule has 0 aromatic carbocycles. The molecule has 3 nitrogen and oxygen atoms in total. The molecule has 1 rings (SSSR count). The van der Waals surface area contributed by atoms with E-state index in [-0.39, 0.29) is 16.9 Å². The van der Waals surface area contributed by atoms with Crippen LogP contribution in [-0.4, -0.2) is 23.4 Å². The van der Waals surface area contributed by atoms with Gasteiger partial charge in [-0.25, -0.2) is 0 Å². The summed E-state index contributed by atoms with van der Waals surface area (Å²) in [6, 6.07) is 0. The Morgan fingerprint density at radius 1 is 1.47 bits per heavy atom. The van der Waals surface area contributed by atoms with Crippen molar-refractivity contribution in [1.29, 1.82) is 0 Å². The van der Waals surface area contributed by atoms with Crippen LogP contribution in [0.5, 0.6) is 0 Å². The highest BCUT2D eigenvalue weighted by Gasteiger charge is 2.31. The van der Waals surface area contributed by atoms with Gasteiger partial charge in [0, 0.05) is 23.2 Å². The van der Waals surface area contributed by atoms with E-state index in [1.54, 1.807) is 6.92 Å². The van der Waals surface area contributed by atoms with E-state index in [1.807, 2.05) is 0 Å². The van der Waals surface area contributed by atoms with Gasteiger partial charge < -0.3 is 10.6 Å². The van der Waals surface area contributed by atoms with Crippen LogP contribution in [0.4, 0.5) is 0 Å². The van der Waals surface area contributed by atoms with Crippen molar-refractivity contribution in [2.75, 3.05) is 6.54 Å². The Hall–Kier alpha value is -0.830. The van der Waals surface area contributed by atoms with Crippen LogP contribution < -0.4 is 10.6 Å². The molecule has 0 atom stereocenters. The molecule has 15 heavy (non-hydrogen) atoms. The van der Waals surface area contributed by atoms with Gasteiger partial charge in [-0.2, -0.15) is 0 Å². The first-order valence-electron chi connectivity index (χ1n) is 5.45. The zero-order valence-corrected chi connectivity index (χ0v) is 10.4. The lowest BCUT2D eigenvalue weighted by Gasteiger charge is -2.41. The van der Waals surface area contributed by atoms with Crippen molar-refractivity contribution in [2.24, 2.45) is 0 Å². The Bertz CT molecular complexity index is 290. The molecule has 0 unspecified atom stereocenters. The van der Waals surface area contributed by atoms with Gasteiger partial charge in [-0.15, -0.1) is 0 Å². The first-order chi connectivity index (χ1) is 6.70. The van der Waals surface area contributed by atoms with Crippen LogP contribution in [0.1, 0.15) is 41.0 Å². The van der Waals surface area contributed by atoms with Gasteiger partial charge in [0.05, 0.1) is 6.54 Å². The largest absolute Gasteiger partial charge is 0.381 e. The first-order valence-corrected chi connectivity index (χ1v) is 5.45. The Labute approximate surface area is 92.3 Å².